The van der Waals surface area contributed by atoms with Crippen molar-refractivity contribution in [1.29, 1.82) is 5.26 Å². The summed E-state index contributed by atoms with van der Waals surface area (Å²) in [6.07, 6.45) is 2.48. The molecule has 0 aromatic heterocycles. The summed E-state index contributed by atoms with van der Waals surface area (Å²) in [5.41, 5.74) is 2.75. The second-order valence-corrected chi connectivity index (χ2v) is 6.71. The van der Waals surface area contributed by atoms with Gasteiger partial charge in [-0.2, -0.15) is 5.26 Å². The van der Waals surface area contributed by atoms with Gasteiger partial charge in [0.2, 0.25) is 0 Å². The fourth-order valence-corrected chi connectivity index (χ4v) is 3.08. The molecule has 0 atom stereocenters. The van der Waals surface area contributed by atoms with E-state index in [2.05, 4.69) is 11.0 Å². The third-order valence-electron chi connectivity index (χ3n) is 4.70. The molecule has 0 spiro atoms. The van der Waals surface area contributed by atoms with Crippen molar-refractivity contribution in [3.8, 4) is 23.3 Å². The minimum atomic E-state index is 0.431. The summed E-state index contributed by atoms with van der Waals surface area (Å²) < 4.78 is 22.0. The molecule has 1 fully saturated rings. The van der Waals surface area contributed by atoms with Crippen LogP contribution in [0.2, 0.25) is 0 Å². The van der Waals surface area contributed by atoms with Crippen molar-refractivity contribution in [2.24, 2.45) is 0 Å². The van der Waals surface area contributed by atoms with Crippen LogP contribution >= 0.6 is 0 Å². The van der Waals surface area contributed by atoms with Gasteiger partial charge < -0.3 is 23.8 Å². The number of methoxy groups -OCH3 is 2. The van der Waals surface area contributed by atoms with Crippen LogP contribution < -0.4 is 14.2 Å². The molecule has 6 nitrogen and oxygen atoms in total. The zero-order valence-electron chi connectivity index (χ0n) is 16.9. The molecule has 1 saturated heterocycles. The second kappa shape index (κ2) is 10.4. The molecule has 0 N–H and O–H groups in total. The van der Waals surface area contributed by atoms with E-state index in [1.54, 1.807) is 14.2 Å². The molecule has 1 heterocycles. The molecule has 1 aliphatic rings. The molecule has 0 amide bonds. The number of ether oxygens (including phenoxy) is 4. The van der Waals surface area contributed by atoms with Crippen LogP contribution in [0.1, 0.15) is 11.1 Å². The van der Waals surface area contributed by atoms with E-state index in [1.807, 2.05) is 48.7 Å². The predicted molar refractivity (Wildman–Crippen MR) is 110 cm³/mol. The summed E-state index contributed by atoms with van der Waals surface area (Å²) >= 11 is 0. The highest BCUT2D eigenvalue weighted by Crippen LogP contribution is 2.30. The zero-order chi connectivity index (χ0) is 20.5. The Morgan fingerprint density at radius 1 is 1.03 bits per heavy atom. The Balaban J connectivity index is 1.65. The van der Waals surface area contributed by atoms with E-state index in [1.165, 1.54) is 0 Å². The number of rotatable bonds is 8. The summed E-state index contributed by atoms with van der Waals surface area (Å²) in [7, 11) is 3.26. The van der Waals surface area contributed by atoms with E-state index in [0.717, 1.165) is 30.0 Å². The lowest BCUT2D eigenvalue weighted by atomic mass is 10.1. The molecule has 1 aliphatic heterocycles. The van der Waals surface area contributed by atoms with E-state index in [-0.39, 0.29) is 0 Å². The highest BCUT2D eigenvalue weighted by Gasteiger charge is 2.11. The van der Waals surface area contributed by atoms with Gasteiger partial charge in [0.05, 0.1) is 33.5 Å². The van der Waals surface area contributed by atoms with Crippen LogP contribution in [0.3, 0.4) is 0 Å². The highest BCUT2D eigenvalue weighted by molar-refractivity contribution is 5.45. The van der Waals surface area contributed by atoms with E-state index < -0.39 is 0 Å². The summed E-state index contributed by atoms with van der Waals surface area (Å²) in [5.74, 6) is 2.14. The minimum Gasteiger partial charge on any atom is -0.497 e. The van der Waals surface area contributed by atoms with Gasteiger partial charge in [0.15, 0.2) is 11.5 Å². The Morgan fingerprint density at radius 2 is 1.76 bits per heavy atom. The minimum absolute atomic E-state index is 0.431. The smallest absolute Gasteiger partial charge is 0.161 e. The molecule has 0 unspecified atom stereocenters. The van der Waals surface area contributed by atoms with Crippen LogP contribution in [-0.2, 0) is 17.8 Å². The first kappa shape index (κ1) is 20.6. The first-order valence-electron chi connectivity index (χ1n) is 9.57. The third kappa shape index (κ3) is 5.90. The average Bonchev–Trinajstić information content (AvgIpc) is 2.78. The largest absolute Gasteiger partial charge is 0.497 e. The lowest BCUT2D eigenvalue weighted by Crippen LogP contribution is -2.32. The molecule has 152 valence electrons. The normalized spacial score (nSPS) is 14.2. The van der Waals surface area contributed by atoms with E-state index in [9.17, 15) is 5.26 Å². The molecule has 3 rings (SSSR count). The highest BCUT2D eigenvalue weighted by atomic mass is 16.5. The number of allylic oxidation sites excluding steroid dienone is 1. The molecular weight excluding hydrogens is 368 g/mol. The van der Waals surface area contributed by atoms with Crippen LogP contribution in [0.4, 0.5) is 0 Å². The molecule has 0 saturated carbocycles. The molecule has 0 aliphatic carbocycles. The Kier molecular flexibility index (Phi) is 7.37. The number of hydrogen-bond donors (Lipinski definition) is 0. The molecule has 29 heavy (non-hydrogen) atoms. The Bertz CT molecular complexity index is 865. The molecule has 0 bridgehead atoms. The molecule has 0 radical (unpaired) electrons. The van der Waals surface area contributed by atoms with Crippen LogP contribution in [0, 0.1) is 11.3 Å². The van der Waals surface area contributed by atoms with Gasteiger partial charge in [-0.3, -0.25) is 0 Å². The maximum atomic E-state index is 9.51. The van der Waals surface area contributed by atoms with Gasteiger partial charge in [0.25, 0.3) is 0 Å². The van der Waals surface area contributed by atoms with Crippen molar-refractivity contribution in [3.05, 3.63) is 65.4 Å². The maximum absolute atomic E-state index is 9.51. The van der Waals surface area contributed by atoms with Gasteiger partial charge in [-0.05, 0) is 35.4 Å². The summed E-state index contributed by atoms with van der Waals surface area (Å²) in [4.78, 5) is 2.13. The van der Waals surface area contributed by atoms with Crippen molar-refractivity contribution in [3.63, 3.8) is 0 Å². The number of nitriles is 1. The molecular formula is C23H26N2O4. The van der Waals surface area contributed by atoms with Crippen molar-refractivity contribution < 1.29 is 18.9 Å². The SMILES string of the molecule is COc1ccc(COc2ccc(C/C(C#N)=C/N3CCOCC3)cc2OC)cc1. The molecule has 6 heteroatoms. The maximum Gasteiger partial charge on any atom is 0.161 e. The molecule has 2 aromatic rings. The lowest BCUT2D eigenvalue weighted by molar-refractivity contribution is 0.0591. The van der Waals surface area contributed by atoms with E-state index in [0.29, 0.717) is 43.3 Å². The van der Waals surface area contributed by atoms with Gasteiger partial charge in [-0.15, -0.1) is 0 Å². The predicted octanol–water partition coefficient (Wildman–Crippen LogP) is 3.56. The van der Waals surface area contributed by atoms with Crippen LogP contribution in [0.5, 0.6) is 17.2 Å². The van der Waals surface area contributed by atoms with Gasteiger partial charge in [-0.1, -0.05) is 18.2 Å². The number of benzene rings is 2. The lowest BCUT2D eigenvalue weighted by Gasteiger charge is -2.25. The Hall–Kier alpha value is -3.17. The zero-order valence-corrected chi connectivity index (χ0v) is 16.9. The topological polar surface area (TPSA) is 64.0 Å². The third-order valence-corrected chi connectivity index (χ3v) is 4.70. The number of morpholine rings is 1. The summed E-state index contributed by atoms with van der Waals surface area (Å²) in [6, 6.07) is 15.8. The second-order valence-electron chi connectivity index (χ2n) is 6.71. The summed E-state index contributed by atoms with van der Waals surface area (Å²) in [6.45, 7) is 3.45. The van der Waals surface area contributed by atoms with Crippen molar-refractivity contribution in [2.75, 3.05) is 40.5 Å². The Morgan fingerprint density at radius 3 is 2.41 bits per heavy atom. The first-order valence-corrected chi connectivity index (χ1v) is 9.57. The van der Waals surface area contributed by atoms with Crippen LogP contribution in [0.25, 0.3) is 0 Å². The van der Waals surface area contributed by atoms with Crippen LogP contribution in [0.15, 0.2) is 54.2 Å². The van der Waals surface area contributed by atoms with Crippen molar-refractivity contribution in [1.82, 2.24) is 4.90 Å². The summed E-state index contributed by atoms with van der Waals surface area (Å²) in [5, 5.41) is 9.51. The fourth-order valence-electron chi connectivity index (χ4n) is 3.08. The number of hydrogen-bond acceptors (Lipinski definition) is 6. The fraction of sp³-hybridized carbons (Fsp3) is 0.348. The van der Waals surface area contributed by atoms with Crippen LogP contribution in [-0.4, -0.2) is 45.4 Å². The quantitative estimate of drug-likeness (QED) is 0.638. The standard InChI is InChI=1S/C23H26N2O4/c1-26-21-6-3-18(4-7-21)17-29-22-8-5-19(14-23(22)27-2)13-20(15-24)16-25-9-11-28-12-10-25/h3-8,14,16H,9-13,17H2,1-2H3/b20-16-. The van der Waals surface area contributed by atoms with Crippen molar-refractivity contribution in [2.45, 2.75) is 13.0 Å². The monoisotopic (exact) mass is 394 g/mol. The van der Waals surface area contributed by atoms with Gasteiger partial charge in [0, 0.05) is 31.3 Å². The average molecular weight is 394 g/mol. The Labute approximate surface area is 171 Å². The van der Waals surface area contributed by atoms with Gasteiger partial charge in [0.1, 0.15) is 12.4 Å². The van der Waals surface area contributed by atoms with Crippen molar-refractivity contribution >= 4 is 0 Å². The molecule has 2 aromatic carbocycles. The number of nitrogens with zero attached hydrogens (tertiary/aromatic N) is 2. The van der Waals surface area contributed by atoms with E-state index in [4.69, 9.17) is 18.9 Å². The van der Waals surface area contributed by atoms with Gasteiger partial charge >= 0.3 is 0 Å². The first-order chi connectivity index (χ1) is 14.2. The van der Waals surface area contributed by atoms with Gasteiger partial charge in [-0.25, -0.2) is 0 Å². The van der Waals surface area contributed by atoms with E-state index >= 15 is 0 Å².